The van der Waals surface area contributed by atoms with E-state index in [-0.39, 0.29) is 11.7 Å². The molecule has 0 atom stereocenters. The van der Waals surface area contributed by atoms with Crippen LogP contribution in [0.25, 0.3) is 6.08 Å². The van der Waals surface area contributed by atoms with Gasteiger partial charge >= 0.3 is 5.97 Å². The molecular formula is C27H23BrN2O5S. The maximum absolute atomic E-state index is 12.7. The van der Waals surface area contributed by atoms with E-state index >= 15 is 0 Å². The van der Waals surface area contributed by atoms with Crippen LogP contribution in [0.5, 0.6) is 17.2 Å². The number of hydrogen-bond acceptors (Lipinski definition) is 7. The van der Waals surface area contributed by atoms with Crippen LogP contribution < -0.4 is 19.5 Å². The number of methoxy groups -OCH3 is 1. The number of amidine groups is 1. The highest BCUT2D eigenvalue weighted by atomic mass is 79.9. The third kappa shape index (κ3) is 6.16. The van der Waals surface area contributed by atoms with Crippen molar-refractivity contribution < 1.29 is 23.8 Å². The van der Waals surface area contributed by atoms with Crippen molar-refractivity contribution in [2.24, 2.45) is 4.99 Å². The van der Waals surface area contributed by atoms with Crippen molar-refractivity contribution in [2.45, 2.75) is 13.8 Å². The van der Waals surface area contributed by atoms with Gasteiger partial charge in [0.05, 0.1) is 34.3 Å². The highest BCUT2D eigenvalue weighted by Gasteiger charge is 2.24. The van der Waals surface area contributed by atoms with E-state index in [1.165, 1.54) is 11.8 Å². The van der Waals surface area contributed by atoms with E-state index in [4.69, 9.17) is 14.2 Å². The minimum atomic E-state index is -0.534. The number of nitrogens with zero attached hydrogens (tertiary/aromatic N) is 1. The molecule has 1 saturated heterocycles. The standard InChI is InChI=1S/C27H23BrN2O5S/c1-4-34-22-14-17(13-21(28)24(22)35-26(32)18-7-11-20(33-3)12-8-18)15-23-25(31)30-27(36-23)29-19-9-5-16(2)6-10-19/h5-15H,4H2,1-3H3,(H,29,30,31)/b23-15-. The Morgan fingerprint density at radius 2 is 1.83 bits per heavy atom. The van der Waals surface area contributed by atoms with Crippen LogP contribution in [0, 0.1) is 6.92 Å². The molecule has 0 saturated carbocycles. The molecule has 1 amide bonds. The first-order chi connectivity index (χ1) is 17.4. The third-order valence-corrected chi connectivity index (χ3v) is 6.56. The van der Waals surface area contributed by atoms with Crippen molar-refractivity contribution in [1.82, 2.24) is 5.32 Å². The summed E-state index contributed by atoms with van der Waals surface area (Å²) in [4.78, 5) is 30.2. The zero-order valence-corrected chi connectivity index (χ0v) is 22.2. The molecule has 9 heteroatoms. The Morgan fingerprint density at radius 3 is 2.50 bits per heavy atom. The van der Waals surface area contributed by atoms with Gasteiger partial charge in [-0.15, -0.1) is 0 Å². The molecule has 3 aromatic carbocycles. The molecule has 184 valence electrons. The summed E-state index contributed by atoms with van der Waals surface area (Å²) in [5.41, 5.74) is 2.96. The lowest BCUT2D eigenvalue weighted by Gasteiger charge is -2.14. The second kappa shape index (κ2) is 11.5. The molecule has 0 spiro atoms. The number of rotatable bonds is 7. The van der Waals surface area contributed by atoms with Gasteiger partial charge in [-0.25, -0.2) is 9.79 Å². The molecule has 0 aliphatic carbocycles. The highest BCUT2D eigenvalue weighted by Crippen LogP contribution is 2.39. The Bertz CT molecular complexity index is 1350. The maximum atomic E-state index is 12.7. The summed E-state index contributed by atoms with van der Waals surface area (Å²) in [6.45, 7) is 4.20. The zero-order chi connectivity index (χ0) is 25.7. The van der Waals surface area contributed by atoms with Crippen molar-refractivity contribution in [1.29, 1.82) is 0 Å². The Hall–Kier alpha value is -3.56. The second-order valence-electron chi connectivity index (χ2n) is 7.70. The van der Waals surface area contributed by atoms with Gasteiger partial charge in [-0.2, -0.15) is 0 Å². The molecule has 0 aromatic heterocycles. The monoisotopic (exact) mass is 566 g/mol. The summed E-state index contributed by atoms with van der Waals surface area (Å²) in [7, 11) is 1.56. The number of amides is 1. The van der Waals surface area contributed by atoms with Crippen molar-refractivity contribution in [3.05, 3.63) is 86.7 Å². The fraction of sp³-hybridized carbons (Fsp3) is 0.148. The topological polar surface area (TPSA) is 86.2 Å². The number of carbonyl (C=O) groups excluding carboxylic acids is 2. The minimum absolute atomic E-state index is 0.241. The fourth-order valence-electron chi connectivity index (χ4n) is 3.28. The number of aliphatic imine (C=N–C) groups is 1. The number of ether oxygens (including phenoxy) is 3. The van der Waals surface area contributed by atoms with E-state index in [0.717, 1.165) is 11.3 Å². The van der Waals surface area contributed by atoms with Crippen LogP contribution in [-0.4, -0.2) is 30.8 Å². The average molecular weight is 567 g/mol. The highest BCUT2D eigenvalue weighted by molar-refractivity contribution is 9.10. The van der Waals surface area contributed by atoms with E-state index in [2.05, 4.69) is 26.2 Å². The Balaban J connectivity index is 1.57. The molecule has 0 unspecified atom stereocenters. The summed E-state index contributed by atoms with van der Waals surface area (Å²) in [5.74, 6) is 0.492. The van der Waals surface area contributed by atoms with Gasteiger partial charge in [-0.1, -0.05) is 17.7 Å². The van der Waals surface area contributed by atoms with E-state index in [1.807, 2.05) is 38.1 Å². The van der Waals surface area contributed by atoms with Gasteiger partial charge in [0.2, 0.25) is 0 Å². The molecule has 4 rings (SSSR count). The van der Waals surface area contributed by atoms with E-state index in [1.54, 1.807) is 49.6 Å². The lowest BCUT2D eigenvalue weighted by molar-refractivity contribution is -0.115. The van der Waals surface area contributed by atoms with Crippen LogP contribution in [0.4, 0.5) is 5.69 Å². The lowest BCUT2D eigenvalue weighted by Crippen LogP contribution is -2.19. The van der Waals surface area contributed by atoms with Crippen LogP contribution >= 0.6 is 27.7 Å². The molecule has 0 bridgehead atoms. The number of thioether (sulfide) groups is 1. The van der Waals surface area contributed by atoms with E-state index in [0.29, 0.717) is 43.8 Å². The van der Waals surface area contributed by atoms with E-state index in [9.17, 15) is 9.59 Å². The smallest absolute Gasteiger partial charge is 0.343 e. The number of nitrogens with one attached hydrogen (secondary N) is 1. The van der Waals surface area contributed by atoms with Crippen molar-refractivity contribution in [2.75, 3.05) is 13.7 Å². The Labute approximate surface area is 221 Å². The molecule has 1 heterocycles. The van der Waals surface area contributed by atoms with Gasteiger partial charge in [0, 0.05) is 0 Å². The number of halogens is 1. The molecule has 1 aliphatic heterocycles. The molecule has 0 radical (unpaired) electrons. The average Bonchev–Trinajstić information content (AvgIpc) is 3.21. The Kier molecular flexibility index (Phi) is 8.12. The van der Waals surface area contributed by atoms with Crippen LogP contribution in [0.2, 0.25) is 0 Å². The summed E-state index contributed by atoms with van der Waals surface area (Å²) < 4.78 is 17.0. The van der Waals surface area contributed by atoms with Gasteiger partial charge in [0.1, 0.15) is 5.75 Å². The zero-order valence-electron chi connectivity index (χ0n) is 19.8. The fourth-order valence-corrected chi connectivity index (χ4v) is 4.66. The predicted octanol–water partition coefficient (Wildman–Crippen LogP) is 6.28. The first-order valence-corrected chi connectivity index (χ1v) is 12.7. The van der Waals surface area contributed by atoms with Gasteiger partial charge < -0.3 is 19.5 Å². The number of benzene rings is 3. The minimum Gasteiger partial charge on any atom is -0.497 e. The number of esters is 1. The van der Waals surface area contributed by atoms with Gasteiger partial charge in [0.25, 0.3) is 5.91 Å². The molecule has 1 N–H and O–H groups in total. The normalized spacial score (nSPS) is 15.2. The van der Waals surface area contributed by atoms with Crippen LogP contribution in [0.3, 0.4) is 0 Å². The van der Waals surface area contributed by atoms with Crippen LogP contribution in [-0.2, 0) is 4.79 Å². The van der Waals surface area contributed by atoms with Gasteiger partial charge in [0.15, 0.2) is 16.7 Å². The largest absolute Gasteiger partial charge is 0.497 e. The molecule has 7 nitrogen and oxygen atoms in total. The van der Waals surface area contributed by atoms with Crippen LogP contribution in [0.15, 0.2) is 75.0 Å². The molecule has 1 fully saturated rings. The van der Waals surface area contributed by atoms with Crippen molar-refractivity contribution >= 4 is 56.5 Å². The number of aryl methyl sites for hydroxylation is 1. The Morgan fingerprint density at radius 1 is 1.11 bits per heavy atom. The molecular weight excluding hydrogens is 544 g/mol. The summed E-state index contributed by atoms with van der Waals surface area (Å²) in [6.07, 6.45) is 1.74. The third-order valence-electron chi connectivity index (χ3n) is 5.07. The van der Waals surface area contributed by atoms with Gasteiger partial charge in [-0.05, 0) is 102 Å². The lowest BCUT2D eigenvalue weighted by atomic mass is 10.1. The quantitative estimate of drug-likeness (QED) is 0.206. The summed E-state index contributed by atoms with van der Waals surface area (Å²) in [6, 6.07) is 17.8. The second-order valence-corrected chi connectivity index (χ2v) is 9.58. The maximum Gasteiger partial charge on any atom is 0.343 e. The van der Waals surface area contributed by atoms with Gasteiger partial charge in [-0.3, -0.25) is 4.79 Å². The summed E-state index contributed by atoms with van der Waals surface area (Å²) in [5, 5.41) is 3.29. The van der Waals surface area contributed by atoms with E-state index < -0.39 is 5.97 Å². The molecule has 36 heavy (non-hydrogen) atoms. The van der Waals surface area contributed by atoms with Crippen molar-refractivity contribution in [3.8, 4) is 17.2 Å². The summed E-state index contributed by atoms with van der Waals surface area (Å²) >= 11 is 4.73. The molecule has 3 aromatic rings. The predicted molar refractivity (Wildman–Crippen MR) is 145 cm³/mol. The number of carbonyl (C=O) groups is 2. The van der Waals surface area contributed by atoms with Crippen molar-refractivity contribution in [3.63, 3.8) is 0 Å². The van der Waals surface area contributed by atoms with Crippen LogP contribution in [0.1, 0.15) is 28.4 Å². The first-order valence-electron chi connectivity index (χ1n) is 11.0. The number of hydrogen-bond donors (Lipinski definition) is 1. The molecule has 1 aliphatic rings. The SMILES string of the molecule is CCOc1cc(/C=C2\SC(=Nc3ccc(C)cc3)NC2=O)cc(Br)c1OC(=O)c1ccc(OC)cc1. The first kappa shape index (κ1) is 25.5.